The Kier molecular flexibility index (Phi) is 5.14. The van der Waals surface area contributed by atoms with Crippen LogP contribution in [0.4, 0.5) is 0 Å². The number of benzene rings is 1. The van der Waals surface area contributed by atoms with Gasteiger partial charge in [0.15, 0.2) is 5.78 Å². The molecule has 0 unspecified atom stereocenters. The van der Waals surface area contributed by atoms with Crippen molar-refractivity contribution in [1.29, 1.82) is 0 Å². The number of hydrogen-bond acceptors (Lipinski definition) is 2. The molecule has 0 bridgehead atoms. The van der Waals surface area contributed by atoms with E-state index >= 15 is 0 Å². The number of nitrogens with zero attached hydrogens (tertiary/aromatic N) is 1. The Balaban J connectivity index is 1.78. The Morgan fingerprint density at radius 1 is 1.32 bits per heavy atom. The molecule has 1 heterocycles. The molecule has 1 fully saturated rings. The zero-order chi connectivity index (χ0) is 13.7. The maximum absolute atomic E-state index is 12.0. The Labute approximate surface area is 122 Å². The van der Waals surface area contributed by atoms with Gasteiger partial charge in [-0.15, -0.1) is 0 Å². The average molecular weight is 324 g/mol. The lowest BCUT2D eigenvalue weighted by atomic mass is 10.1. The first-order valence-electron chi connectivity index (χ1n) is 6.69. The van der Waals surface area contributed by atoms with Crippen molar-refractivity contribution in [2.45, 2.75) is 32.1 Å². The van der Waals surface area contributed by atoms with Crippen molar-refractivity contribution in [2.24, 2.45) is 0 Å². The standard InChI is InChI=1S/C15H18BrNO2/c16-14-8-2-1-5-12(14)6-3-9-15(19)17-10-4-7-13(18)11-17/h1-2,5,8H,3-4,6-7,9-11H2. The van der Waals surface area contributed by atoms with Crippen molar-refractivity contribution >= 4 is 27.6 Å². The van der Waals surface area contributed by atoms with E-state index in [1.54, 1.807) is 4.90 Å². The smallest absolute Gasteiger partial charge is 0.222 e. The van der Waals surface area contributed by atoms with Gasteiger partial charge in [0.25, 0.3) is 0 Å². The Hall–Kier alpha value is -1.16. The third-order valence-electron chi connectivity index (χ3n) is 3.40. The van der Waals surface area contributed by atoms with Gasteiger partial charge >= 0.3 is 0 Å². The molecular weight excluding hydrogens is 306 g/mol. The SMILES string of the molecule is O=C1CCCN(C(=O)CCCc2ccccc2Br)C1. The van der Waals surface area contributed by atoms with Crippen molar-refractivity contribution in [3.63, 3.8) is 0 Å². The molecule has 1 aliphatic heterocycles. The maximum Gasteiger partial charge on any atom is 0.222 e. The highest BCUT2D eigenvalue weighted by Crippen LogP contribution is 2.18. The van der Waals surface area contributed by atoms with Gasteiger partial charge in [0.05, 0.1) is 6.54 Å². The summed E-state index contributed by atoms with van der Waals surface area (Å²) in [6, 6.07) is 8.07. The second-order valence-corrected chi connectivity index (χ2v) is 5.76. The molecule has 4 heteroatoms. The van der Waals surface area contributed by atoms with E-state index in [9.17, 15) is 9.59 Å². The number of halogens is 1. The number of ketones is 1. The van der Waals surface area contributed by atoms with Crippen molar-refractivity contribution in [2.75, 3.05) is 13.1 Å². The predicted molar refractivity (Wildman–Crippen MR) is 77.9 cm³/mol. The number of rotatable bonds is 4. The van der Waals surface area contributed by atoms with E-state index in [2.05, 4.69) is 22.0 Å². The van der Waals surface area contributed by atoms with Gasteiger partial charge in [-0.2, -0.15) is 0 Å². The molecular formula is C15H18BrNO2. The number of aryl methyl sites for hydroxylation is 1. The summed E-state index contributed by atoms with van der Waals surface area (Å²) >= 11 is 3.51. The van der Waals surface area contributed by atoms with E-state index in [0.29, 0.717) is 19.4 Å². The second kappa shape index (κ2) is 6.85. The van der Waals surface area contributed by atoms with Crippen LogP contribution in [0.15, 0.2) is 28.7 Å². The highest BCUT2D eigenvalue weighted by atomic mass is 79.9. The molecule has 2 rings (SSSR count). The topological polar surface area (TPSA) is 37.4 Å². The molecule has 3 nitrogen and oxygen atoms in total. The van der Waals surface area contributed by atoms with Crippen molar-refractivity contribution in [3.8, 4) is 0 Å². The summed E-state index contributed by atoms with van der Waals surface area (Å²) in [6.45, 7) is 1.05. The lowest BCUT2D eigenvalue weighted by Gasteiger charge is -2.25. The van der Waals surface area contributed by atoms with Crippen molar-refractivity contribution in [1.82, 2.24) is 4.90 Å². The molecule has 0 atom stereocenters. The van der Waals surface area contributed by atoms with Gasteiger partial charge in [-0.05, 0) is 30.9 Å². The molecule has 0 aliphatic carbocycles. The summed E-state index contributed by atoms with van der Waals surface area (Å²) in [5.74, 6) is 0.297. The maximum atomic E-state index is 12.0. The molecule has 1 aromatic carbocycles. The van der Waals surface area contributed by atoms with Crippen LogP contribution in [-0.2, 0) is 16.0 Å². The summed E-state index contributed by atoms with van der Waals surface area (Å²) in [6.07, 6.45) is 3.67. The number of amides is 1. The van der Waals surface area contributed by atoms with E-state index in [0.717, 1.165) is 30.3 Å². The zero-order valence-electron chi connectivity index (χ0n) is 10.9. The fourth-order valence-corrected chi connectivity index (χ4v) is 2.82. The number of carbonyl (C=O) groups is 2. The number of carbonyl (C=O) groups excluding carboxylic acids is 2. The summed E-state index contributed by atoms with van der Waals surface area (Å²) in [4.78, 5) is 25.0. The molecule has 1 aromatic rings. The van der Waals surface area contributed by atoms with Crippen LogP contribution in [0.25, 0.3) is 0 Å². The lowest BCUT2D eigenvalue weighted by molar-refractivity contribution is -0.137. The third-order valence-corrected chi connectivity index (χ3v) is 4.17. The summed E-state index contributed by atoms with van der Waals surface area (Å²) in [5, 5.41) is 0. The largest absolute Gasteiger partial charge is 0.335 e. The van der Waals surface area contributed by atoms with Crippen LogP contribution in [0, 0.1) is 0 Å². The summed E-state index contributed by atoms with van der Waals surface area (Å²) < 4.78 is 1.09. The minimum Gasteiger partial charge on any atom is -0.335 e. The second-order valence-electron chi connectivity index (χ2n) is 4.90. The highest BCUT2D eigenvalue weighted by molar-refractivity contribution is 9.10. The number of hydrogen-bond donors (Lipinski definition) is 0. The molecule has 1 aliphatic rings. The van der Waals surface area contributed by atoms with E-state index in [1.165, 1.54) is 5.56 Å². The number of piperidine rings is 1. The Bertz CT molecular complexity index is 473. The van der Waals surface area contributed by atoms with Crippen LogP contribution in [0.3, 0.4) is 0 Å². The highest BCUT2D eigenvalue weighted by Gasteiger charge is 2.20. The average Bonchev–Trinajstić information content (AvgIpc) is 2.41. The molecule has 0 radical (unpaired) electrons. The Morgan fingerprint density at radius 2 is 2.11 bits per heavy atom. The van der Waals surface area contributed by atoms with Crippen LogP contribution >= 0.6 is 15.9 Å². The zero-order valence-corrected chi connectivity index (χ0v) is 12.5. The summed E-state index contributed by atoms with van der Waals surface area (Å²) in [5.41, 5.74) is 1.23. The van der Waals surface area contributed by atoms with Gasteiger partial charge in [-0.1, -0.05) is 34.1 Å². The van der Waals surface area contributed by atoms with E-state index < -0.39 is 0 Å². The molecule has 19 heavy (non-hydrogen) atoms. The summed E-state index contributed by atoms with van der Waals surface area (Å²) in [7, 11) is 0. The van der Waals surface area contributed by atoms with Gasteiger partial charge in [-0.3, -0.25) is 9.59 Å². The van der Waals surface area contributed by atoms with Gasteiger partial charge in [0.1, 0.15) is 0 Å². The monoisotopic (exact) mass is 323 g/mol. The minimum atomic E-state index is 0.111. The fraction of sp³-hybridized carbons (Fsp3) is 0.467. The van der Waals surface area contributed by atoms with Crippen LogP contribution in [0.1, 0.15) is 31.2 Å². The van der Waals surface area contributed by atoms with Gasteiger partial charge in [0, 0.05) is 23.9 Å². The van der Waals surface area contributed by atoms with E-state index in [1.807, 2.05) is 18.2 Å². The molecule has 0 N–H and O–H groups in total. The molecule has 0 aromatic heterocycles. The Morgan fingerprint density at radius 3 is 2.84 bits per heavy atom. The fourth-order valence-electron chi connectivity index (χ4n) is 2.34. The molecule has 102 valence electrons. The van der Waals surface area contributed by atoms with E-state index in [4.69, 9.17) is 0 Å². The molecule has 1 saturated heterocycles. The first-order valence-corrected chi connectivity index (χ1v) is 7.49. The lowest BCUT2D eigenvalue weighted by Crippen LogP contribution is -2.40. The van der Waals surface area contributed by atoms with Crippen LogP contribution < -0.4 is 0 Å². The first kappa shape index (κ1) is 14.3. The molecule has 0 saturated carbocycles. The van der Waals surface area contributed by atoms with Crippen LogP contribution in [0.2, 0.25) is 0 Å². The minimum absolute atomic E-state index is 0.111. The molecule has 0 spiro atoms. The van der Waals surface area contributed by atoms with Crippen LogP contribution in [-0.4, -0.2) is 29.7 Å². The van der Waals surface area contributed by atoms with Crippen LogP contribution in [0.5, 0.6) is 0 Å². The first-order chi connectivity index (χ1) is 9.16. The normalized spacial score (nSPS) is 15.6. The van der Waals surface area contributed by atoms with E-state index in [-0.39, 0.29) is 11.7 Å². The van der Waals surface area contributed by atoms with Crippen molar-refractivity contribution in [3.05, 3.63) is 34.3 Å². The van der Waals surface area contributed by atoms with Gasteiger partial charge in [0.2, 0.25) is 5.91 Å². The van der Waals surface area contributed by atoms with Gasteiger partial charge in [-0.25, -0.2) is 0 Å². The predicted octanol–water partition coefficient (Wildman–Crippen LogP) is 2.96. The molecule has 1 amide bonds. The number of Topliss-reactive ketones (excluding diaryl/α,β-unsaturated/α-hetero) is 1. The quantitative estimate of drug-likeness (QED) is 0.854. The van der Waals surface area contributed by atoms with Crippen molar-refractivity contribution < 1.29 is 9.59 Å². The third kappa shape index (κ3) is 4.16. The number of likely N-dealkylation sites (tertiary alicyclic amines) is 1. The van der Waals surface area contributed by atoms with Gasteiger partial charge < -0.3 is 4.90 Å².